The van der Waals surface area contributed by atoms with Gasteiger partial charge in [0.05, 0.1) is 0 Å². The second-order valence-electron chi connectivity index (χ2n) is 4.71. The summed E-state index contributed by atoms with van der Waals surface area (Å²) in [7, 11) is 0. The molecular weight excluding hydrogens is 239 g/mol. The molecule has 2 heteroatoms. The summed E-state index contributed by atoms with van der Waals surface area (Å²) in [6.45, 7) is 0. The standard InChI is InChI=1S/C17H13FO/c18-15-9-5-12(6-10-15)11-14-8-7-13-3-1-2-4-16(13)17(14)19/h1-6,9-11H,7-8H2/b14-11-. The molecule has 0 aromatic heterocycles. The Labute approximate surface area is 111 Å². The lowest BCUT2D eigenvalue weighted by Gasteiger charge is -2.17. The smallest absolute Gasteiger partial charge is 0.189 e. The first kappa shape index (κ1) is 11.8. The van der Waals surface area contributed by atoms with Crippen LogP contribution in [0.1, 0.15) is 27.9 Å². The molecule has 0 aliphatic heterocycles. The third-order valence-corrected chi connectivity index (χ3v) is 3.43. The van der Waals surface area contributed by atoms with E-state index in [9.17, 15) is 9.18 Å². The fourth-order valence-corrected chi connectivity index (χ4v) is 2.41. The van der Waals surface area contributed by atoms with Gasteiger partial charge < -0.3 is 0 Å². The summed E-state index contributed by atoms with van der Waals surface area (Å²) >= 11 is 0. The first-order valence-corrected chi connectivity index (χ1v) is 6.33. The lowest BCUT2D eigenvalue weighted by molar-refractivity contribution is 0.102. The molecule has 0 fully saturated rings. The second kappa shape index (κ2) is 4.81. The summed E-state index contributed by atoms with van der Waals surface area (Å²) < 4.78 is 12.9. The van der Waals surface area contributed by atoms with Crippen molar-refractivity contribution in [2.24, 2.45) is 0 Å². The Hall–Kier alpha value is -2.22. The maximum absolute atomic E-state index is 12.9. The van der Waals surface area contributed by atoms with Crippen LogP contribution in [-0.4, -0.2) is 5.78 Å². The Bertz CT molecular complexity index is 653. The monoisotopic (exact) mass is 252 g/mol. The Morgan fingerprint density at radius 3 is 2.47 bits per heavy atom. The highest BCUT2D eigenvalue weighted by atomic mass is 19.1. The number of Topliss-reactive ketones (excluding diaryl/α,β-unsaturated/α-hetero) is 1. The molecule has 0 amide bonds. The Morgan fingerprint density at radius 1 is 0.947 bits per heavy atom. The maximum Gasteiger partial charge on any atom is 0.189 e. The normalized spacial score (nSPS) is 16.5. The minimum absolute atomic E-state index is 0.0891. The molecule has 1 aliphatic carbocycles. The number of fused-ring (bicyclic) bond motifs is 1. The number of carbonyl (C=O) groups excluding carboxylic acids is 1. The van der Waals surface area contributed by atoms with Crippen LogP contribution in [0, 0.1) is 5.82 Å². The number of rotatable bonds is 1. The number of hydrogen-bond donors (Lipinski definition) is 0. The van der Waals surface area contributed by atoms with Crippen molar-refractivity contribution >= 4 is 11.9 Å². The zero-order valence-corrected chi connectivity index (χ0v) is 10.4. The van der Waals surface area contributed by atoms with E-state index in [2.05, 4.69) is 0 Å². The average Bonchev–Trinajstić information content (AvgIpc) is 2.45. The molecule has 1 aliphatic rings. The largest absolute Gasteiger partial charge is 0.289 e. The maximum atomic E-state index is 12.9. The van der Waals surface area contributed by atoms with Crippen molar-refractivity contribution < 1.29 is 9.18 Å². The highest BCUT2D eigenvalue weighted by Crippen LogP contribution is 2.26. The van der Waals surface area contributed by atoms with Crippen molar-refractivity contribution in [1.82, 2.24) is 0 Å². The van der Waals surface area contributed by atoms with Crippen LogP contribution in [0.2, 0.25) is 0 Å². The third kappa shape index (κ3) is 2.34. The van der Waals surface area contributed by atoms with Gasteiger partial charge in [-0.25, -0.2) is 4.39 Å². The van der Waals surface area contributed by atoms with Gasteiger partial charge in [-0.3, -0.25) is 4.79 Å². The molecule has 0 heterocycles. The number of carbonyl (C=O) groups is 1. The predicted octanol–water partition coefficient (Wildman–Crippen LogP) is 4.04. The van der Waals surface area contributed by atoms with Crippen molar-refractivity contribution in [2.45, 2.75) is 12.8 Å². The van der Waals surface area contributed by atoms with Gasteiger partial charge in [-0.1, -0.05) is 36.4 Å². The highest BCUT2D eigenvalue weighted by molar-refractivity contribution is 6.13. The van der Waals surface area contributed by atoms with Gasteiger partial charge >= 0.3 is 0 Å². The van der Waals surface area contributed by atoms with Gasteiger partial charge in [0.1, 0.15) is 5.82 Å². The molecule has 19 heavy (non-hydrogen) atoms. The number of allylic oxidation sites excluding steroid dienone is 1. The number of benzene rings is 2. The Kier molecular flexibility index (Phi) is 3.00. The lowest BCUT2D eigenvalue weighted by Crippen LogP contribution is -2.13. The van der Waals surface area contributed by atoms with Gasteiger partial charge in [0.2, 0.25) is 0 Å². The van der Waals surface area contributed by atoms with Crippen LogP contribution in [0.4, 0.5) is 4.39 Å². The first-order chi connectivity index (χ1) is 9.24. The van der Waals surface area contributed by atoms with Gasteiger partial charge in [-0.05, 0) is 42.2 Å². The van der Waals surface area contributed by atoms with E-state index in [-0.39, 0.29) is 11.6 Å². The zero-order chi connectivity index (χ0) is 13.2. The van der Waals surface area contributed by atoms with Crippen LogP contribution in [-0.2, 0) is 6.42 Å². The summed E-state index contributed by atoms with van der Waals surface area (Å²) in [5, 5.41) is 0. The van der Waals surface area contributed by atoms with E-state index < -0.39 is 0 Å². The van der Waals surface area contributed by atoms with E-state index in [4.69, 9.17) is 0 Å². The van der Waals surface area contributed by atoms with Crippen LogP contribution in [0.3, 0.4) is 0 Å². The predicted molar refractivity (Wildman–Crippen MR) is 73.5 cm³/mol. The molecule has 0 spiro atoms. The molecule has 0 unspecified atom stereocenters. The Balaban J connectivity index is 1.96. The van der Waals surface area contributed by atoms with Crippen LogP contribution < -0.4 is 0 Å². The summed E-state index contributed by atoms with van der Waals surface area (Å²) in [4.78, 5) is 12.3. The van der Waals surface area contributed by atoms with Crippen LogP contribution in [0.15, 0.2) is 54.1 Å². The van der Waals surface area contributed by atoms with E-state index in [1.54, 1.807) is 12.1 Å². The minimum Gasteiger partial charge on any atom is -0.289 e. The van der Waals surface area contributed by atoms with Gasteiger partial charge in [0.25, 0.3) is 0 Å². The minimum atomic E-state index is -0.262. The summed E-state index contributed by atoms with van der Waals surface area (Å²) in [5.41, 5.74) is 3.57. The van der Waals surface area contributed by atoms with E-state index in [1.165, 1.54) is 12.1 Å². The van der Waals surface area contributed by atoms with Gasteiger partial charge in [0.15, 0.2) is 5.78 Å². The van der Waals surface area contributed by atoms with Crippen LogP contribution >= 0.6 is 0 Å². The van der Waals surface area contributed by atoms with Crippen molar-refractivity contribution in [1.29, 1.82) is 0 Å². The van der Waals surface area contributed by atoms with Crippen molar-refractivity contribution in [2.75, 3.05) is 0 Å². The van der Waals surface area contributed by atoms with Gasteiger partial charge in [0, 0.05) is 11.1 Å². The van der Waals surface area contributed by atoms with E-state index in [1.807, 2.05) is 30.3 Å². The number of hydrogen-bond acceptors (Lipinski definition) is 1. The van der Waals surface area contributed by atoms with E-state index in [0.717, 1.165) is 35.1 Å². The number of ketones is 1. The molecule has 2 aromatic carbocycles. The van der Waals surface area contributed by atoms with Crippen molar-refractivity contribution in [3.05, 3.63) is 76.6 Å². The van der Waals surface area contributed by atoms with E-state index in [0.29, 0.717) is 0 Å². The first-order valence-electron chi connectivity index (χ1n) is 6.33. The van der Waals surface area contributed by atoms with Gasteiger partial charge in [-0.2, -0.15) is 0 Å². The summed E-state index contributed by atoms with van der Waals surface area (Å²) in [5.74, 6) is -0.173. The molecule has 94 valence electrons. The summed E-state index contributed by atoms with van der Waals surface area (Å²) in [6, 6.07) is 13.9. The zero-order valence-electron chi connectivity index (χ0n) is 10.4. The quantitative estimate of drug-likeness (QED) is 0.700. The van der Waals surface area contributed by atoms with Crippen LogP contribution in [0.5, 0.6) is 0 Å². The van der Waals surface area contributed by atoms with E-state index >= 15 is 0 Å². The molecule has 0 radical (unpaired) electrons. The average molecular weight is 252 g/mol. The molecule has 1 nitrogen and oxygen atoms in total. The molecule has 0 atom stereocenters. The number of halogens is 1. The summed E-state index contributed by atoms with van der Waals surface area (Å²) in [6.07, 6.45) is 3.49. The number of aryl methyl sites for hydroxylation is 1. The molecule has 2 aromatic rings. The molecule has 0 bridgehead atoms. The highest BCUT2D eigenvalue weighted by Gasteiger charge is 2.20. The van der Waals surface area contributed by atoms with Crippen molar-refractivity contribution in [3.63, 3.8) is 0 Å². The SMILES string of the molecule is O=C1/C(=C\c2ccc(F)cc2)CCc2ccccc21. The molecule has 0 saturated carbocycles. The topological polar surface area (TPSA) is 17.1 Å². The molecule has 3 rings (SSSR count). The fraction of sp³-hybridized carbons (Fsp3) is 0.118. The molecule has 0 saturated heterocycles. The van der Waals surface area contributed by atoms with Crippen LogP contribution in [0.25, 0.3) is 6.08 Å². The van der Waals surface area contributed by atoms with Gasteiger partial charge in [-0.15, -0.1) is 0 Å². The Morgan fingerprint density at radius 2 is 1.68 bits per heavy atom. The molecular formula is C17H13FO. The molecule has 0 N–H and O–H groups in total. The third-order valence-electron chi connectivity index (χ3n) is 3.43. The second-order valence-corrected chi connectivity index (χ2v) is 4.71. The fourth-order valence-electron chi connectivity index (χ4n) is 2.41. The van der Waals surface area contributed by atoms with Crippen molar-refractivity contribution in [3.8, 4) is 0 Å². The lowest BCUT2D eigenvalue weighted by atomic mass is 9.86.